The Balaban J connectivity index is 1.58. The fourth-order valence-corrected chi connectivity index (χ4v) is 2.52. The second-order valence-electron chi connectivity index (χ2n) is 5.55. The summed E-state index contributed by atoms with van der Waals surface area (Å²) in [7, 11) is 0. The van der Waals surface area contributed by atoms with Crippen LogP contribution in [0.3, 0.4) is 0 Å². The first-order valence-electron chi connectivity index (χ1n) is 7.81. The number of hydrogen-bond acceptors (Lipinski definition) is 6. The minimum atomic E-state index is -0.396. The Hall–Kier alpha value is -3.35. The maximum Gasteiger partial charge on any atom is 0.295 e. The van der Waals surface area contributed by atoms with Gasteiger partial charge in [-0.3, -0.25) is 4.79 Å². The summed E-state index contributed by atoms with van der Waals surface area (Å²) in [6.07, 6.45) is 0. The number of carbonyl (C=O) groups excluding carboxylic acids is 1. The number of nitrogens with zero attached hydrogens (tertiary/aromatic N) is 2. The predicted molar refractivity (Wildman–Crippen MR) is 89.9 cm³/mol. The first kappa shape index (κ1) is 15.2. The van der Waals surface area contributed by atoms with Gasteiger partial charge in [-0.25, -0.2) is 4.98 Å². The van der Waals surface area contributed by atoms with Crippen LogP contribution >= 0.6 is 0 Å². The van der Waals surface area contributed by atoms with Gasteiger partial charge in [0.2, 0.25) is 5.76 Å². The fraction of sp³-hybridized carbons (Fsp3) is 0.167. The van der Waals surface area contributed by atoms with E-state index in [0.717, 1.165) is 11.3 Å². The monoisotopic (exact) mass is 337 g/mol. The van der Waals surface area contributed by atoms with Crippen molar-refractivity contribution in [2.75, 3.05) is 18.5 Å². The number of pyridine rings is 1. The van der Waals surface area contributed by atoms with Gasteiger partial charge in [0.15, 0.2) is 11.5 Å². The van der Waals surface area contributed by atoms with Crippen LogP contribution in [0.5, 0.6) is 11.5 Å². The molecule has 4 rings (SSSR count). The van der Waals surface area contributed by atoms with Crippen LogP contribution in [0.25, 0.3) is 11.3 Å². The summed E-state index contributed by atoms with van der Waals surface area (Å²) in [5.74, 6) is 1.58. The number of nitrogens with one attached hydrogen (secondary N) is 1. The molecule has 7 nitrogen and oxygen atoms in total. The maximum absolute atomic E-state index is 12.1. The molecule has 0 unspecified atom stereocenters. The average molecular weight is 337 g/mol. The lowest BCUT2D eigenvalue weighted by atomic mass is 10.1. The lowest BCUT2D eigenvalue weighted by Gasteiger charge is -2.18. The largest absolute Gasteiger partial charge is 0.486 e. The zero-order valence-electron chi connectivity index (χ0n) is 13.5. The summed E-state index contributed by atoms with van der Waals surface area (Å²) in [4.78, 5) is 16.6. The lowest BCUT2D eigenvalue weighted by Crippen LogP contribution is -2.15. The summed E-state index contributed by atoms with van der Waals surface area (Å²) >= 11 is 0. The van der Waals surface area contributed by atoms with Crippen molar-refractivity contribution >= 4 is 11.7 Å². The summed E-state index contributed by atoms with van der Waals surface area (Å²) < 4.78 is 16.1. The molecule has 0 spiro atoms. The van der Waals surface area contributed by atoms with Crippen LogP contribution in [-0.2, 0) is 0 Å². The summed E-state index contributed by atoms with van der Waals surface area (Å²) in [5.41, 5.74) is 2.22. The van der Waals surface area contributed by atoms with Gasteiger partial charge < -0.3 is 19.3 Å². The highest BCUT2D eigenvalue weighted by Gasteiger charge is 2.15. The number of aryl methyl sites for hydroxylation is 1. The van der Waals surface area contributed by atoms with Crippen molar-refractivity contribution in [1.82, 2.24) is 10.1 Å². The minimum absolute atomic E-state index is 0.143. The third-order valence-corrected chi connectivity index (χ3v) is 3.68. The molecule has 0 atom stereocenters. The van der Waals surface area contributed by atoms with Gasteiger partial charge in [0, 0.05) is 11.6 Å². The van der Waals surface area contributed by atoms with Gasteiger partial charge in [0.05, 0.1) is 11.4 Å². The average Bonchev–Trinajstić information content (AvgIpc) is 3.08. The molecule has 0 fully saturated rings. The maximum atomic E-state index is 12.1. The second kappa shape index (κ2) is 6.27. The molecule has 0 saturated carbocycles. The molecular formula is C18H15N3O4. The highest BCUT2D eigenvalue weighted by molar-refractivity contribution is 6.01. The van der Waals surface area contributed by atoms with E-state index in [-0.39, 0.29) is 5.76 Å². The van der Waals surface area contributed by atoms with E-state index in [2.05, 4.69) is 15.5 Å². The summed E-state index contributed by atoms with van der Waals surface area (Å²) in [5, 5.41) is 6.41. The van der Waals surface area contributed by atoms with Crippen LogP contribution < -0.4 is 14.8 Å². The number of carbonyl (C=O) groups is 1. The molecule has 1 N–H and O–H groups in total. The third-order valence-electron chi connectivity index (χ3n) is 3.68. The number of anilines is 1. The van der Waals surface area contributed by atoms with Crippen LogP contribution in [-0.4, -0.2) is 29.3 Å². The normalized spacial score (nSPS) is 12.7. The molecule has 126 valence electrons. The van der Waals surface area contributed by atoms with E-state index in [1.807, 2.05) is 30.3 Å². The molecular weight excluding hydrogens is 322 g/mol. The third kappa shape index (κ3) is 3.16. The van der Waals surface area contributed by atoms with Crippen molar-refractivity contribution in [1.29, 1.82) is 0 Å². The lowest BCUT2D eigenvalue weighted by molar-refractivity contribution is 0.0987. The van der Waals surface area contributed by atoms with Gasteiger partial charge in [0.25, 0.3) is 5.91 Å². The fourth-order valence-electron chi connectivity index (χ4n) is 2.52. The van der Waals surface area contributed by atoms with Crippen LogP contribution in [0, 0.1) is 6.92 Å². The molecule has 7 heteroatoms. The molecule has 3 heterocycles. The smallest absolute Gasteiger partial charge is 0.295 e. The number of benzene rings is 1. The second-order valence-corrected chi connectivity index (χ2v) is 5.55. The Kier molecular flexibility index (Phi) is 3.81. The zero-order valence-corrected chi connectivity index (χ0v) is 13.5. The highest BCUT2D eigenvalue weighted by Crippen LogP contribution is 2.34. The van der Waals surface area contributed by atoms with Gasteiger partial charge in [-0.2, -0.15) is 0 Å². The van der Waals surface area contributed by atoms with Crippen LogP contribution in [0.4, 0.5) is 5.82 Å². The standard InChI is InChI=1S/C18H15N3O4/c1-11-9-16(25-21-11)18(22)20-17-4-2-3-13(19-17)12-5-6-14-15(10-12)24-8-7-23-14/h2-6,9-10H,7-8H2,1H3,(H,19,20,22). The van der Waals surface area contributed by atoms with E-state index in [0.29, 0.717) is 36.2 Å². The first-order valence-corrected chi connectivity index (χ1v) is 7.81. The molecule has 1 aromatic carbocycles. The van der Waals surface area contributed by atoms with Crippen molar-refractivity contribution in [3.63, 3.8) is 0 Å². The molecule has 0 radical (unpaired) electrons. The zero-order chi connectivity index (χ0) is 17.2. The van der Waals surface area contributed by atoms with Gasteiger partial charge in [-0.1, -0.05) is 11.2 Å². The van der Waals surface area contributed by atoms with E-state index in [1.54, 1.807) is 19.1 Å². The molecule has 0 saturated heterocycles. The number of fused-ring (bicyclic) bond motifs is 1. The Bertz CT molecular complexity index is 936. The number of ether oxygens (including phenoxy) is 2. The van der Waals surface area contributed by atoms with Gasteiger partial charge in [-0.15, -0.1) is 0 Å². The molecule has 2 aromatic heterocycles. The Morgan fingerprint density at radius 1 is 1.08 bits per heavy atom. The molecule has 1 amide bonds. The van der Waals surface area contributed by atoms with Crippen molar-refractivity contribution in [2.24, 2.45) is 0 Å². The van der Waals surface area contributed by atoms with E-state index >= 15 is 0 Å². The Morgan fingerprint density at radius 3 is 2.72 bits per heavy atom. The topological polar surface area (TPSA) is 86.5 Å². The summed E-state index contributed by atoms with van der Waals surface area (Å²) in [6.45, 7) is 2.82. The van der Waals surface area contributed by atoms with E-state index < -0.39 is 5.91 Å². The van der Waals surface area contributed by atoms with Crippen LogP contribution in [0.2, 0.25) is 0 Å². The first-order chi connectivity index (χ1) is 12.2. The minimum Gasteiger partial charge on any atom is -0.486 e. The molecule has 0 aliphatic carbocycles. The van der Waals surface area contributed by atoms with Crippen molar-refractivity contribution in [3.8, 4) is 22.8 Å². The van der Waals surface area contributed by atoms with Gasteiger partial charge in [-0.05, 0) is 37.3 Å². The SMILES string of the molecule is Cc1cc(C(=O)Nc2cccc(-c3ccc4c(c3)OCCO4)n2)on1. The van der Waals surface area contributed by atoms with Crippen LogP contribution in [0.15, 0.2) is 47.0 Å². The number of hydrogen-bond donors (Lipinski definition) is 1. The van der Waals surface area contributed by atoms with E-state index in [1.165, 1.54) is 0 Å². The quantitative estimate of drug-likeness (QED) is 0.790. The Labute approximate surface area is 143 Å². The molecule has 3 aromatic rings. The van der Waals surface area contributed by atoms with E-state index in [4.69, 9.17) is 14.0 Å². The molecule has 1 aliphatic heterocycles. The number of aromatic nitrogens is 2. The Morgan fingerprint density at radius 2 is 1.92 bits per heavy atom. The molecule has 1 aliphatic rings. The van der Waals surface area contributed by atoms with Gasteiger partial charge in [0.1, 0.15) is 19.0 Å². The van der Waals surface area contributed by atoms with Crippen molar-refractivity contribution in [3.05, 3.63) is 53.9 Å². The highest BCUT2D eigenvalue weighted by atomic mass is 16.6. The number of rotatable bonds is 3. The van der Waals surface area contributed by atoms with Gasteiger partial charge >= 0.3 is 0 Å². The van der Waals surface area contributed by atoms with E-state index in [9.17, 15) is 4.79 Å². The predicted octanol–water partition coefficient (Wildman–Crippen LogP) is 3.07. The van der Waals surface area contributed by atoms with Crippen molar-refractivity contribution in [2.45, 2.75) is 6.92 Å². The summed E-state index contributed by atoms with van der Waals surface area (Å²) in [6, 6.07) is 12.6. The van der Waals surface area contributed by atoms with Crippen molar-refractivity contribution < 1.29 is 18.8 Å². The number of amides is 1. The van der Waals surface area contributed by atoms with Crippen LogP contribution in [0.1, 0.15) is 16.2 Å². The molecule has 0 bridgehead atoms. The molecule has 25 heavy (non-hydrogen) atoms.